The van der Waals surface area contributed by atoms with Crippen LogP contribution in [0.25, 0.3) is 0 Å². The van der Waals surface area contributed by atoms with Crippen LogP contribution in [0.15, 0.2) is 48.8 Å². The first-order valence-electron chi connectivity index (χ1n) is 6.59. The number of likely N-dealkylation sites (N-methyl/N-ethyl adjacent to an activating group) is 1. The molecule has 100 valence electrons. The van der Waals surface area contributed by atoms with Crippen molar-refractivity contribution >= 4 is 0 Å². The molecule has 1 N–H and O–H groups in total. The highest BCUT2D eigenvalue weighted by Gasteiger charge is 2.11. The lowest BCUT2D eigenvalue weighted by molar-refractivity contribution is 0.414. The summed E-state index contributed by atoms with van der Waals surface area (Å²) in [5, 5.41) is 3.50. The summed E-state index contributed by atoms with van der Waals surface area (Å²) < 4.78 is 5.18. The number of ether oxygens (including phenoxy) is 1. The second kappa shape index (κ2) is 6.90. The molecule has 19 heavy (non-hydrogen) atoms. The highest BCUT2D eigenvalue weighted by molar-refractivity contribution is 5.29. The van der Waals surface area contributed by atoms with Crippen molar-refractivity contribution in [3.63, 3.8) is 0 Å². The minimum Gasteiger partial charge on any atom is -0.497 e. The van der Waals surface area contributed by atoms with Crippen molar-refractivity contribution in [2.75, 3.05) is 13.7 Å². The van der Waals surface area contributed by atoms with Crippen molar-refractivity contribution in [2.24, 2.45) is 0 Å². The lowest BCUT2D eigenvalue weighted by Gasteiger charge is -2.18. The minimum absolute atomic E-state index is 0.298. The first-order valence-corrected chi connectivity index (χ1v) is 6.59. The number of methoxy groups -OCH3 is 1. The van der Waals surface area contributed by atoms with Gasteiger partial charge in [0.1, 0.15) is 5.75 Å². The van der Waals surface area contributed by atoms with Crippen molar-refractivity contribution in [2.45, 2.75) is 19.4 Å². The van der Waals surface area contributed by atoms with Crippen LogP contribution in [0, 0.1) is 0 Å². The quantitative estimate of drug-likeness (QED) is 0.862. The van der Waals surface area contributed by atoms with Gasteiger partial charge < -0.3 is 10.1 Å². The second-order valence-corrected chi connectivity index (χ2v) is 4.45. The molecule has 0 saturated carbocycles. The van der Waals surface area contributed by atoms with Gasteiger partial charge in [0.05, 0.1) is 7.11 Å². The van der Waals surface area contributed by atoms with Crippen molar-refractivity contribution in [1.29, 1.82) is 0 Å². The molecule has 1 aromatic carbocycles. The van der Waals surface area contributed by atoms with Gasteiger partial charge in [-0.25, -0.2) is 0 Å². The lowest BCUT2D eigenvalue weighted by Crippen LogP contribution is -2.23. The number of nitrogens with one attached hydrogen (secondary N) is 1. The van der Waals surface area contributed by atoms with Crippen LogP contribution in [0.4, 0.5) is 0 Å². The van der Waals surface area contributed by atoms with E-state index >= 15 is 0 Å². The predicted octanol–water partition coefficient (Wildman–Crippen LogP) is 2.98. The number of benzene rings is 1. The first kappa shape index (κ1) is 13.6. The first-order chi connectivity index (χ1) is 9.33. The van der Waals surface area contributed by atoms with Crippen molar-refractivity contribution < 1.29 is 4.74 Å². The summed E-state index contributed by atoms with van der Waals surface area (Å²) in [6.45, 7) is 3.06. The molecule has 3 nitrogen and oxygen atoms in total. The summed E-state index contributed by atoms with van der Waals surface area (Å²) in [7, 11) is 1.69. The van der Waals surface area contributed by atoms with Crippen LogP contribution >= 0.6 is 0 Å². The van der Waals surface area contributed by atoms with Crippen molar-refractivity contribution in [3.05, 3.63) is 59.9 Å². The fourth-order valence-corrected chi connectivity index (χ4v) is 2.13. The zero-order valence-corrected chi connectivity index (χ0v) is 11.5. The average molecular weight is 256 g/mol. The van der Waals surface area contributed by atoms with Gasteiger partial charge in [0.2, 0.25) is 0 Å². The van der Waals surface area contributed by atoms with Gasteiger partial charge in [0.25, 0.3) is 0 Å². The van der Waals surface area contributed by atoms with Crippen LogP contribution in [-0.2, 0) is 6.42 Å². The van der Waals surface area contributed by atoms with Gasteiger partial charge in [0.15, 0.2) is 0 Å². The molecule has 2 aromatic rings. The molecule has 0 spiro atoms. The van der Waals surface area contributed by atoms with E-state index in [0.29, 0.717) is 6.04 Å². The molecule has 1 atom stereocenters. The van der Waals surface area contributed by atoms with Crippen LogP contribution in [0.3, 0.4) is 0 Å². The molecule has 1 unspecified atom stereocenters. The van der Waals surface area contributed by atoms with E-state index in [-0.39, 0.29) is 0 Å². The highest BCUT2D eigenvalue weighted by Crippen LogP contribution is 2.19. The Bertz CT molecular complexity index is 482. The van der Waals surface area contributed by atoms with Gasteiger partial charge in [-0.1, -0.05) is 25.1 Å². The molecule has 1 heterocycles. The summed E-state index contributed by atoms with van der Waals surface area (Å²) in [4.78, 5) is 4.20. The van der Waals surface area contributed by atoms with Gasteiger partial charge >= 0.3 is 0 Å². The van der Waals surface area contributed by atoms with E-state index in [4.69, 9.17) is 4.74 Å². The van der Waals surface area contributed by atoms with Gasteiger partial charge in [-0.3, -0.25) is 4.98 Å². The molecule has 1 aromatic heterocycles. The number of nitrogens with zero attached hydrogens (tertiary/aromatic N) is 1. The average Bonchev–Trinajstić information content (AvgIpc) is 2.48. The normalized spacial score (nSPS) is 12.1. The molecule has 0 saturated heterocycles. The summed E-state index contributed by atoms with van der Waals surface area (Å²) in [6.07, 6.45) is 4.68. The maximum Gasteiger partial charge on any atom is 0.118 e. The van der Waals surface area contributed by atoms with E-state index in [1.54, 1.807) is 13.3 Å². The molecule has 0 aliphatic heterocycles. The molecular formula is C16H20N2O. The van der Waals surface area contributed by atoms with E-state index < -0.39 is 0 Å². The third-order valence-corrected chi connectivity index (χ3v) is 3.14. The fraction of sp³-hybridized carbons (Fsp3) is 0.312. The summed E-state index contributed by atoms with van der Waals surface area (Å²) in [5.74, 6) is 0.894. The largest absolute Gasteiger partial charge is 0.497 e. The minimum atomic E-state index is 0.298. The molecule has 0 aliphatic carbocycles. The summed E-state index contributed by atoms with van der Waals surface area (Å²) >= 11 is 0. The third-order valence-electron chi connectivity index (χ3n) is 3.14. The zero-order chi connectivity index (χ0) is 13.5. The summed E-state index contributed by atoms with van der Waals surface area (Å²) in [6, 6.07) is 12.6. The standard InChI is InChI=1S/C16H20N2O/c1-3-18-16(14-5-4-10-17-12-14)11-13-6-8-15(19-2)9-7-13/h4-10,12,16,18H,3,11H2,1-2H3. The Balaban J connectivity index is 2.11. The second-order valence-electron chi connectivity index (χ2n) is 4.45. The molecule has 3 heteroatoms. The Morgan fingerprint density at radius 2 is 2.00 bits per heavy atom. The smallest absolute Gasteiger partial charge is 0.118 e. The van der Waals surface area contributed by atoms with E-state index in [2.05, 4.69) is 35.4 Å². The Labute approximate surface area is 114 Å². The fourth-order valence-electron chi connectivity index (χ4n) is 2.13. The van der Waals surface area contributed by atoms with Crippen molar-refractivity contribution in [1.82, 2.24) is 10.3 Å². The van der Waals surface area contributed by atoms with Gasteiger partial charge in [0, 0.05) is 18.4 Å². The predicted molar refractivity (Wildman–Crippen MR) is 77.4 cm³/mol. The SMILES string of the molecule is CCNC(Cc1ccc(OC)cc1)c1cccnc1. The molecule has 0 fully saturated rings. The Hall–Kier alpha value is -1.87. The van der Waals surface area contributed by atoms with Gasteiger partial charge in [-0.2, -0.15) is 0 Å². The molecular weight excluding hydrogens is 236 g/mol. The monoisotopic (exact) mass is 256 g/mol. The molecule has 0 radical (unpaired) electrons. The number of hydrogen-bond acceptors (Lipinski definition) is 3. The molecule has 2 rings (SSSR count). The van der Waals surface area contributed by atoms with Crippen LogP contribution in [0.1, 0.15) is 24.1 Å². The number of pyridine rings is 1. The Morgan fingerprint density at radius 1 is 1.21 bits per heavy atom. The molecule has 0 bridgehead atoms. The molecule has 0 amide bonds. The van der Waals surface area contributed by atoms with Crippen LogP contribution in [0.2, 0.25) is 0 Å². The van der Waals surface area contributed by atoms with E-state index in [1.807, 2.05) is 24.4 Å². The van der Waals surface area contributed by atoms with Crippen LogP contribution in [0.5, 0.6) is 5.75 Å². The van der Waals surface area contributed by atoms with Crippen LogP contribution < -0.4 is 10.1 Å². The maximum absolute atomic E-state index is 5.18. The van der Waals surface area contributed by atoms with Crippen LogP contribution in [-0.4, -0.2) is 18.6 Å². The topological polar surface area (TPSA) is 34.1 Å². The Kier molecular flexibility index (Phi) is 4.93. The highest BCUT2D eigenvalue weighted by atomic mass is 16.5. The maximum atomic E-state index is 5.18. The van der Waals surface area contributed by atoms with Gasteiger partial charge in [-0.05, 0) is 42.3 Å². The van der Waals surface area contributed by atoms with E-state index in [1.165, 1.54) is 11.1 Å². The van der Waals surface area contributed by atoms with Gasteiger partial charge in [-0.15, -0.1) is 0 Å². The van der Waals surface area contributed by atoms with Crippen molar-refractivity contribution in [3.8, 4) is 5.75 Å². The molecule has 0 aliphatic rings. The van der Waals surface area contributed by atoms with E-state index in [9.17, 15) is 0 Å². The van der Waals surface area contributed by atoms with E-state index in [0.717, 1.165) is 18.7 Å². The zero-order valence-electron chi connectivity index (χ0n) is 11.5. The lowest BCUT2D eigenvalue weighted by atomic mass is 10.00. The number of hydrogen-bond donors (Lipinski definition) is 1. The third kappa shape index (κ3) is 3.80. The summed E-state index contributed by atoms with van der Waals surface area (Å²) in [5.41, 5.74) is 2.51. The Morgan fingerprint density at radius 3 is 2.58 bits per heavy atom. The number of rotatable bonds is 6. The number of aromatic nitrogens is 1.